The van der Waals surface area contributed by atoms with E-state index in [1.54, 1.807) is 6.21 Å². The predicted octanol–water partition coefficient (Wildman–Crippen LogP) is 2.25. The molecule has 0 saturated carbocycles. The van der Waals surface area contributed by atoms with Crippen LogP contribution in [-0.2, 0) is 20.9 Å². The van der Waals surface area contributed by atoms with E-state index in [0.29, 0.717) is 6.42 Å². The van der Waals surface area contributed by atoms with Crippen molar-refractivity contribution in [1.82, 2.24) is 0 Å². The highest BCUT2D eigenvalue weighted by Gasteiger charge is 2.25. The average molecular weight is 247 g/mol. The fourth-order valence-electron chi connectivity index (χ4n) is 0.886. The summed E-state index contributed by atoms with van der Waals surface area (Å²) in [5.41, 5.74) is 0. The Balaban J connectivity index is 3.59. The molecule has 4 nitrogen and oxygen atoms in total. The lowest BCUT2D eigenvalue weighted by molar-refractivity contribution is -0.140. The van der Waals surface area contributed by atoms with Gasteiger partial charge in [0.05, 0.1) is 13.3 Å². The molecule has 0 aromatic rings. The van der Waals surface area contributed by atoms with Crippen LogP contribution in [0.3, 0.4) is 0 Å². The third-order valence-electron chi connectivity index (χ3n) is 1.89. The summed E-state index contributed by atoms with van der Waals surface area (Å²) >= 11 is -1.18. The zero-order chi connectivity index (χ0) is 12.6. The van der Waals surface area contributed by atoms with Gasteiger partial charge >= 0.3 is 5.97 Å². The minimum Gasteiger partial charge on any atom is -0.591 e. The number of rotatable bonds is 6. The third-order valence-corrected chi connectivity index (χ3v) is 3.27. The van der Waals surface area contributed by atoms with Crippen LogP contribution in [0.4, 0.5) is 0 Å². The van der Waals surface area contributed by atoms with Crippen LogP contribution in [0.15, 0.2) is 4.40 Å². The number of unbranched alkanes of at least 4 members (excludes halogenated alkanes) is 2. The highest BCUT2D eigenvalue weighted by atomic mass is 32.2. The fourth-order valence-corrected chi connectivity index (χ4v) is 1.44. The van der Waals surface area contributed by atoms with E-state index in [1.165, 1.54) is 7.11 Å². The summed E-state index contributed by atoms with van der Waals surface area (Å²) in [5, 5.41) is 0. The summed E-state index contributed by atoms with van der Waals surface area (Å²) < 4.78 is 19.7. The Bertz CT molecular complexity index is 236. The Kier molecular flexibility index (Phi) is 7.42. The first kappa shape index (κ1) is 15.4. The van der Waals surface area contributed by atoms with Gasteiger partial charge in [0.25, 0.3) is 0 Å². The van der Waals surface area contributed by atoms with E-state index in [4.69, 9.17) is 0 Å². The van der Waals surface area contributed by atoms with Crippen LogP contribution < -0.4 is 0 Å². The summed E-state index contributed by atoms with van der Waals surface area (Å²) in [5.74, 6) is -0.185. The first-order valence-corrected chi connectivity index (χ1v) is 6.50. The molecule has 0 bridgehead atoms. The maximum atomic E-state index is 11.5. The van der Waals surface area contributed by atoms with Crippen molar-refractivity contribution in [3.8, 4) is 0 Å². The number of carbonyl (C=O) groups excluding carboxylic acids is 1. The molecule has 5 heteroatoms. The van der Waals surface area contributed by atoms with Crippen molar-refractivity contribution in [1.29, 1.82) is 0 Å². The second kappa shape index (κ2) is 7.68. The van der Waals surface area contributed by atoms with Gasteiger partial charge in [-0.1, -0.05) is 4.40 Å². The minimum absolute atomic E-state index is 0.185. The van der Waals surface area contributed by atoms with Crippen LogP contribution >= 0.6 is 0 Å². The molecule has 0 spiro atoms. The molecule has 0 aromatic carbocycles. The summed E-state index contributed by atoms with van der Waals surface area (Å²) in [6.45, 7) is 5.66. The Morgan fingerprint density at radius 3 is 2.56 bits per heavy atom. The van der Waals surface area contributed by atoms with Crippen molar-refractivity contribution in [2.24, 2.45) is 4.40 Å². The number of hydrogen-bond acceptors (Lipinski definition) is 4. The zero-order valence-electron chi connectivity index (χ0n) is 10.5. The molecule has 94 valence electrons. The fraction of sp³-hybridized carbons (Fsp3) is 0.818. The summed E-state index contributed by atoms with van der Waals surface area (Å²) in [6, 6.07) is 0. The molecule has 0 N–H and O–H groups in total. The van der Waals surface area contributed by atoms with Crippen LogP contribution in [0.2, 0.25) is 0 Å². The van der Waals surface area contributed by atoms with Crippen LogP contribution in [-0.4, -0.2) is 28.6 Å². The topological polar surface area (TPSA) is 61.7 Å². The van der Waals surface area contributed by atoms with E-state index in [2.05, 4.69) is 9.13 Å². The molecule has 1 unspecified atom stereocenters. The SMILES string of the molecule is COC(=O)CCCCC=N[S+]([O-])C(C)(C)C. The van der Waals surface area contributed by atoms with Gasteiger partial charge in [-0.25, -0.2) is 0 Å². The number of carbonyl (C=O) groups is 1. The number of nitrogens with zero attached hydrogens (tertiary/aromatic N) is 1. The quantitative estimate of drug-likeness (QED) is 0.313. The lowest BCUT2D eigenvalue weighted by Gasteiger charge is -2.17. The molecule has 0 saturated heterocycles. The van der Waals surface area contributed by atoms with E-state index >= 15 is 0 Å². The monoisotopic (exact) mass is 247 g/mol. The molecule has 16 heavy (non-hydrogen) atoms. The molecule has 0 aromatic heterocycles. The molecule has 0 radical (unpaired) electrons. The predicted molar refractivity (Wildman–Crippen MR) is 66.9 cm³/mol. The molecular formula is C11H21NO3S. The van der Waals surface area contributed by atoms with Crippen molar-refractivity contribution in [2.75, 3.05) is 7.11 Å². The smallest absolute Gasteiger partial charge is 0.305 e. The Labute approximate surface area is 101 Å². The number of esters is 1. The van der Waals surface area contributed by atoms with Crippen LogP contribution in [0.1, 0.15) is 46.5 Å². The van der Waals surface area contributed by atoms with E-state index in [1.807, 2.05) is 20.8 Å². The standard InChI is InChI=1S/C11H21NO3S/c1-11(2,3)16(14)12-9-7-5-6-8-10(13)15-4/h9H,5-8H2,1-4H3. The second-order valence-corrected chi connectivity index (χ2v) is 6.41. The molecule has 0 amide bonds. The summed E-state index contributed by atoms with van der Waals surface area (Å²) in [6.07, 6.45) is 4.50. The number of ether oxygens (including phenoxy) is 1. The van der Waals surface area contributed by atoms with Gasteiger partial charge in [-0.3, -0.25) is 4.79 Å². The first-order valence-electron chi connectivity index (χ1n) is 5.39. The Hall–Kier alpha value is -0.550. The number of hydrogen-bond donors (Lipinski definition) is 0. The Morgan fingerprint density at radius 2 is 2.06 bits per heavy atom. The molecule has 0 aliphatic carbocycles. The second-order valence-electron chi connectivity index (χ2n) is 4.47. The minimum atomic E-state index is -1.18. The van der Waals surface area contributed by atoms with Crippen molar-refractivity contribution in [3.05, 3.63) is 0 Å². The molecule has 0 rings (SSSR count). The van der Waals surface area contributed by atoms with Crippen molar-refractivity contribution in [2.45, 2.75) is 51.2 Å². The number of methoxy groups -OCH3 is 1. The normalized spacial score (nSPS) is 14.1. The van der Waals surface area contributed by atoms with E-state index in [9.17, 15) is 9.35 Å². The molecule has 0 aliphatic heterocycles. The lowest BCUT2D eigenvalue weighted by Crippen LogP contribution is -2.25. The molecule has 1 atom stereocenters. The van der Waals surface area contributed by atoms with Crippen LogP contribution in [0.25, 0.3) is 0 Å². The zero-order valence-corrected chi connectivity index (χ0v) is 11.3. The van der Waals surface area contributed by atoms with Gasteiger partial charge in [-0.2, -0.15) is 0 Å². The van der Waals surface area contributed by atoms with E-state index < -0.39 is 11.4 Å². The van der Waals surface area contributed by atoms with Gasteiger partial charge in [-0.05, 0) is 40.0 Å². The maximum absolute atomic E-state index is 11.5. The molecule has 0 fully saturated rings. The first-order chi connectivity index (χ1) is 7.38. The van der Waals surface area contributed by atoms with E-state index in [-0.39, 0.29) is 10.7 Å². The lowest BCUT2D eigenvalue weighted by atomic mass is 10.2. The van der Waals surface area contributed by atoms with Crippen molar-refractivity contribution < 1.29 is 14.1 Å². The highest BCUT2D eigenvalue weighted by molar-refractivity contribution is 7.91. The Morgan fingerprint density at radius 1 is 1.44 bits per heavy atom. The summed E-state index contributed by atoms with van der Waals surface area (Å²) in [4.78, 5) is 10.8. The van der Waals surface area contributed by atoms with Gasteiger partial charge in [0, 0.05) is 6.42 Å². The van der Waals surface area contributed by atoms with Gasteiger partial charge < -0.3 is 9.29 Å². The molecular weight excluding hydrogens is 226 g/mol. The van der Waals surface area contributed by atoms with Crippen LogP contribution in [0, 0.1) is 0 Å². The van der Waals surface area contributed by atoms with Crippen LogP contribution in [0.5, 0.6) is 0 Å². The van der Waals surface area contributed by atoms with E-state index in [0.717, 1.165) is 19.3 Å². The van der Waals surface area contributed by atoms with Gasteiger partial charge in [0.15, 0.2) is 0 Å². The van der Waals surface area contributed by atoms with Crippen molar-refractivity contribution >= 4 is 23.5 Å². The average Bonchev–Trinajstić information content (AvgIpc) is 2.20. The van der Waals surface area contributed by atoms with Crippen molar-refractivity contribution in [3.63, 3.8) is 0 Å². The van der Waals surface area contributed by atoms with Gasteiger partial charge in [0.2, 0.25) is 0 Å². The molecule has 0 aliphatic rings. The van der Waals surface area contributed by atoms with Gasteiger partial charge in [-0.15, -0.1) is 0 Å². The largest absolute Gasteiger partial charge is 0.591 e. The summed E-state index contributed by atoms with van der Waals surface area (Å²) in [7, 11) is 1.39. The highest BCUT2D eigenvalue weighted by Crippen LogP contribution is 2.16. The molecule has 0 heterocycles. The third kappa shape index (κ3) is 7.70. The van der Waals surface area contributed by atoms with Gasteiger partial charge in [0.1, 0.15) is 16.1 Å². The maximum Gasteiger partial charge on any atom is 0.305 e.